The Morgan fingerprint density at radius 2 is 1.86 bits per heavy atom. The Balaban J connectivity index is 1.91. The molecule has 22 heavy (non-hydrogen) atoms. The number of thiocarbonyl (C=S) groups is 1. The Labute approximate surface area is 138 Å². The van der Waals surface area contributed by atoms with Gasteiger partial charge in [0, 0.05) is 17.3 Å². The van der Waals surface area contributed by atoms with Crippen molar-refractivity contribution in [3.8, 4) is 0 Å². The fraction of sp³-hybridized carbons (Fsp3) is 0.556. The van der Waals surface area contributed by atoms with Crippen molar-refractivity contribution in [3.05, 3.63) is 29.8 Å². The van der Waals surface area contributed by atoms with E-state index in [0.717, 1.165) is 24.4 Å². The molecule has 2 N–H and O–H groups in total. The lowest BCUT2D eigenvalue weighted by Gasteiger charge is -2.39. The lowest BCUT2D eigenvalue weighted by atomic mass is 9.71. The van der Waals surface area contributed by atoms with Crippen LogP contribution in [-0.2, 0) is 0 Å². The van der Waals surface area contributed by atoms with E-state index in [4.69, 9.17) is 12.2 Å². The van der Waals surface area contributed by atoms with Crippen LogP contribution in [0, 0.1) is 11.3 Å². The third-order valence-corrected chi connectivity index (χ3v) is 4.49. The summed E-state index contributed by atoms with van der Waals surface area (Å²) in [6.07, 6.45) is 3.58. The molecule has 0 aliphatic heterocycles. The van der Waals surface area contributed by atoms with Gasteiger partial charge in [0.25, 0.3) is 0 Å². The van der Waals surface area contributed by atoms with Crippen molar-refractivity contribution in [2.45, 2.75) is 53.0 Å². The third kappa shape index (κ3) is 4.80. The summed E-state index contributed by atoms with van der Waals surface area (Å²) in [6, 6.07) is 7.84. The zero-order valence-corrected chi connectivity index (χ0v) is 14.7. The molecule has 1 aromatic carbocycles. The molecular formula is C18H26N2OS. The highest BCUT2D eigenvalue weighted by atomic mass is 32.1. The van der Waals surface area contributed by atoms with Gasteiger partial charge in [-0.25, -0.2) is 0 Å². The van der Waals surface area contributed by atoms with Gasteiger partial charge in [-0.1, -0.05) is 20.8 Å². The number of nitrogens with one attached hydrogen (secondary N) is 2. The lowest BCUT2D eigenvalue weighted by molar-refractivity contribution is 0.101. The van der Waals surface area contributed by atoms with E-state index in [2.05, 4.69) is 31.4 Å². The minimum Gasteiger partial charge on any atom is -0.360 e. The van der Waals surface area contributed by atoms with E-state index in [1.807, 2.05) is 24.3 Å². The van der Waals surface area contributed by atoms with Gasteiger partial charge in [0.1, 0.15) is 0 Å². The molecule has 2 unspecified atom stereocenters. The zero-order valence-electron chi connectivity index (χ0n) is 13.9. The Bertz CT molecular complexity index is 551. The zero-order chi connectivity index (χ0) is 16.3. The molecule has 2 rings (SSSR count). The second-order valence-corrected chi connectivity index (χ2v) is 7.75. The van der Waals surface area contributed by atoms with E-state index in [1.165, 1.54) is 6.42 Å². The smallest absolute Gasteiger partial charge is 0.170 e. The van der Waals surface area contributed by atoms with Crippen LogP contribution in [0.25, 0.3) is 0 Å². The number of hydrogen-bond acceptors (Lipinski definition) is 2. The van der Waals surface area contributed by atoms with Crippen molar-refractivity contribution in [1.29, 1.82) is 0 Å². The van der Waals surface area contributed by atoms with Crippen molar-refractivity contribution in [1.82, 2.24) is 5.32 Å². The van der Waals surface area contributed by atoms with E-state index in [-0.39, 0.29) is 5.78 Å². The van der Waals surface area contributed by atoms with E-state index >= 15 is 0 Å². The highest BCUT2D eigenvalue weighted by molar-refractivity contribution is 7.80. The van der Waals surface area contributed by atoms with E-state index in [0.29, 0.717) is 22.1 Å². The van der Waals surface area contributed by atoms with Gasteiger partial charge >= 0.3 is 0 Å². The molecule has 0 heterocycles. The van der Waals surface area contributed by atoms with Gasteiger partial charge < -0.3 is 10.6 Å². The summed E-state index contributed by atoms with van der Waals surface area (Å²) in [6.45, 7) is 8.54. The summed E-state index contributed by atoms with van der Waals surface area (Å²) in [5.41, 5.74) is 1.99. The molecule has 1 aromatic rings. The minimum absolute atomic E-state index is 0.0747. The number of hydrogen-bond donors (Lipinski definition) is 2. The molecule has 0 amide bonds. The molecular weight excluding hydrogens is 292 g/mol. The molecule has 120 valence electrons. The highest BCUT2D eigenvalue weighted by Crippen LogP contribution is 2.38. The number of benzene rings is 1. The topological polar surface area (TPSA) is 41.1 Å². The predicted octanol–water partition coefficient (Wildman–Crippen LogP) is 4.39. The van der Waals surface area contributed by atoms with E-state index < -0.39 is 0 Å². The van der Waals surface area contributed by atoms with Gasteiger partial charge in [0.2, 0.25) is 0 Å². The molecule has 0 radical (unpaired) electrons. The number of carbonyl (C=O) groups is 1. The Morgan fingerprint density at radius 3 is 2.41 bits per heavy atom. The first-order valence-corrected chi connectivity index (χ1v) is 8.34. The average Bonchev–Trinajstić information content (AvgIpc) is 2.36. The fourth-order valence-corrected chi connectivity index (χ4v) is 3.88. The van der Waals surface area contributed by atoms with Crippen molar-refractivity contribution >= 4 is 28.8 Å². The number of rotatable bonds is 3. The summed E-state index contributed by atoms with van der Waals surface area (Å²) in [5.74, 6) is 0.796. The second-order valence-electron chi connectivity index (χ2n) is 7.34. The lowest BCUT2D eigenvalue weighted by Crippen LogP contribution is -2.44. The first-order valence-electron chi connectivity index (χ1n) is 7.94. The first-order chi connectivity index (χ1) is 10.2. The van der Waals surface area contributed by atoms with E-state index in [1.54, 1.807) is 6.92 Å². The van der Waals surface area contributed by atoms with Gasteiger partial charge in [0.15, 0.2) is 10.9 Å². The quantitative estimate of drug-likeness (QED) is 0.640. The Hall–Kier alpha value is -1.42. The highest BCUT2D eigenvalue weighted by Gasteiger charge is 2.32. The summed E-state index contributed by atoms with van der Waals surface area (Å²) in [5, 5.41) is 7.31. The normalized spacial score (nSPS) is 23.6. The number of carbonyl (C=O) groups excluding carboxylic acids is 1. The van der Waals surface area contributed by atoms with Crippen LogP contribution < -0.4 is 10.6 Å². The molecule has 1 fully saturated rings. The largest absolute Gasteiger partial charge is 0.360 e. The standard InChI is InChI=1S/C18H26N2OS/c1-12-9-16(11-18(3,4)10-12)20-17(22)19-15-7-5-14(6-8-15)13(2)21/h5-8,12,16H,9-11H2,1-4H3,(H2,19,20,22). The van der Waals surface area contributed by atoms with Gasteiger partial charge in [-0.2, -0.15) is 0 Å². The molecule has 3 nitrogen and oxygen atoms in total. The van der Waals surface area contributed by atoms with Crippen molar-refractivity contribution in [2.75, 3.05) is 5.32 Å². The molecule has 2 atom stereocenters. The molecule has 0 aromatic heterocycles. The summed E-state index contributed by atoms with van der Waals surface area (Å²) in [7, 11) is 0. The summed E-state index contributed by atoms with van der Waals surface area (Å²) < 4.78 is 0. The van der Waals surface area contributed by atoms with Crippen molar-refractivity contribution < 1.29 is 4.79 Å². The molecule has 1 saturated carbocycles. The third-order valence-electron chi connectivity index (χ3n) is 4.27. The SMILES string of the molecule is CC(=O)c1ccc(NC(=S)NC2CC(C)CC(C)(C)C2)cc1. The van der Waals surface area contributed by atoms with Gasteiger partial charge in [-0.3, -0.25) is 4.79 Å². The molecule has 0 saturated heterocycles. The predicted molar refractivity (Wildman–Crippen MR) is 96.4 cm³/mol. The Kier molecular flexibility index (Phi) is 5.22. The van der Waals surface area contributed by atoms with Crippen molar-refractivity contribution in [2.24, 2.45) is 11.3 Å². The van der Waals surface area contributed by atoms with E-state index in [9.17, 15) is 4.79 Å². The fourth-order valence-electron chi connectivity index (χ4n) is 3.60. The molecule has 1 aliphatic rings. The van der Waals surface area contributed by atoms with Gasteiger partial charge in [0.05, 0.1) is 0 Å². The van der Waals surface area contributed by atoms with Crippen LogP contribution in [0.3, 0.4) is 0 Å². The maximum atomic E-state index is 11.3. The van der Waals surface area contributed by atoms with Gasteiger partial charge in [-0.15, -0.1) is 0 Å². The van der Waals surface area contributed by atoms with Crippen LogP contribution >= 0.6 is 12.2 Å². The van der Waals surface area contributed by atoms with Gasteiger partial charge in [-0.05, 0) is 74.0 Å². The maximum Gasteiger partial charge on any atom is 0.170 e. The van der Waals surface area contributed by atoms with Crippen LogP contribution in [0.4, 0.5) is 5.69 Å². The average molecular weight is 318 g/mol. The van der Waals surface area contributed by atoms with Crippen LogP contribution in [0.2, 0.25) is 0 Å². The second kappa shape index (κ2) is 6.78. The minimum atomic E-state index is 0.0747. The number of Topliss-reactive ketones (excluding diaryl/α,β-unsaturated/α-hetero) is 1. The number of ketones is 1. The molecule has 0 bridgehead atoms. The molecule has 4 heteroatoms. The summed E-state index contributed by atoms with van der Waals surface area (Å²) >= 11 is 5.43. The first kappa shape index (κ1) is 16.9. The summed E-state index contributed by atoms with van der Waals surface area (Å²) in [4.78, 5) is 11.3. The molecule has 1 aliphatic carbocycles. The van der Waals surface area contributed by atoms with Crippen LogP contribution in [0.15, 0.2) is 24.3 Å². The Morgan fingerprint density at radius 1 is 1.23 bits per heavy atom. The monoisotopic (exact) mass is 318 g/mol. The molecule has 0 spiro atoms. The van der Waals surface area contributed by atoms with Crippen LogP contribution in [-0.4, -0.2) is 16.9 Å². The van der Waals surface area contributed by atoms with Crippen LogP contribution in [0.1, 0.15) is 57.3 Å². The van der Waals surface area contributed by atoms with Crippen LogP contribution in [0.5, 0.6) is 0 Å². The number of anilines is 1. The maximum absolute atomic E-state index is 11.3. The van der Waals surface area contributed by atoms with Crippen molar-refractivity contribution in [3.63, 3.8) is 0 Å².